The number of ketones is 1. The highest BCUT2D eigenvalue weighted by Gasteiger charge is 2.25. The van der Waals surface area contributed by atoms with Gasteiger partial charge in [-0.25, -0.2) is 0 Å². The second kappa shape index (κ2) is 5.68. The summed E-state index contributed by atoms with van der Waals surface area (Å²) in [6.07, 6.45) is 0. The van der Waals surface area contributed by atoms with Crippen molar-refractivity contribution >= 4 is 33.0 Å². The quantitative estimate of drug-likeness (QED) is 0.769. The first-order chi connectivity index (χ1) is 9.04. The number of Topliss-reactive ketones (excluding diaryl/α,β-unsaturated/α-hetero) is 1. The van der Waals surface area contributed by atoms with Crippen molar-refractivity contribution in [1.29, 1.82) is 5.26 Å². The van der Waals surface area contributed by atoms with Crippen LogP contribution in [0.1, 0.15) is 31.6 Å². The molecular formula is C15H12BrNOS. The predicted molar refractivity (Wildman–Crippen MR) is 80.6 cm³/mol. The first-order valence-electron chi connectivity index (χ1n) is 5.80. The zero-order valence-electron chi connectivity index (χ0n) is 10.6. The Morgan fingerprint density at radius 1 is 1.37 bits per heavy atom. The molecule has 2 nitrogen and oxygen atoms in total. The molecule has 0 saturated carbocycles. The molecule has 0 bridgehead atoms. The minimum Gasteiger partial charge on any atom is -0.291 e. The number of halogens is 1. The highest BCUT2D eigenvalue weighted by molar-refractivity contribution is 9.10. The summed E-state index contributed by atoms with van der Waals surface area (Å²) in [7, 11) is 0. The van der Waals surface area contributed by atoms with E-state index in [1.54, 1.807) is 0 Å². The lowest BCUT2D eigenvalue weighted by atomic mass is 9.95. The molecule has 0 fully saturated rings. The molecule has 0 spiro atoms. The van der Waals surface area contributed by atoms with Crippen molar-refractivity contribution in [2.75, 3.05) is 0 Å². The van der Waals surface area contributed by atoms with Gasteiger partial charge in [-0.05, 0) is 37.1 Å². The summed E-state index contributed by atoms with van der Waals surface area (Å²) in [4.78, 5) is 14.2. The van der Waals surface area contributed by atoms with E-state index in [0.29, 0.717) is 4.88 Å². The molecule has 0 radical (unpaired) electrons. The van der Waals surface area contributed by atoms with E-state index in [1.165, 1.54) is 11.3 Å². The van der Waals surface area contributed by atoms with Gasteiger partial charge in [-0.3, -0.25) is 4.79 Å². The van der Waals surface area contributed by atoms with Crippen LogP contribution in [0, 0.1) is 25.2 Å². The molecule has 0 N–H and O–H groups in total. The first-order valence-corrected chi connectivity index (χ1v) is 7.41. The van der Waals surface area contributed by atoms with Crippen molar-refractivity contribution in [2.24, 2.45) is 0 Å². The molecule has 0 aliphatic heterocycles. The van der Waals surface area contributed by atoms with Gasteiger partial charge in [0.15, 0.2) is 5.78 Å². The van der Waals surface area contributed by atoms with Crippen molar-refractivity contribution in [3.8, 4) is 6.07 Å². The maximum Gasteiger partial charge on any atom is 0.194 e. The molecule has 2 aromatic rings. The fourth-order valence-electron chi connectivity index (χ4n) is 1.82. The number of carbonyl (C=O) groups is 1. The lowest BCUT2D eigenvalue weighted by Crippen LogP contribution is -2.10. The average Bonchev–Trinajstić information content (AvgIpc) is 2.73. The van der Waals surface area contributed by atoms with Crippen LogP contribution in [0.3, 0.4) is 0 Å². The van der Waals surface area contributed by atoms with Gasteiger partial charge in [-0.1, -0.05) is 34.1 Å². The van der Waals surface area contributed by atoms with Crippen molar-refractivity contribution in [2.45, 2.75) is 19.8 Å². The van der Waals surface area contributed by atoms with Gasteiger partial charge in [0.25, 0.3) is 0 Å². The molecule has 0 amide bonds. The van der Waals surface area contributed by atoms with Crippen LogP contribution in [-0.2, 0) is 0 Å². The van der Waals surface area contributed by atoms with E-state index in [4.69, 9.17) is 0 Å². The van der Waals surface area contributed by atoms with Crippen LogP contribution in [-0.4, -0.2) is 5.78 Å². The number of aryl methyl sites for hydroxylation is 2. The molecule has 1 atom stereocenters. The molecule has 1 aromatic heterocycles. The number of nitriles is 1. The lowest BCUT2D eigenvalue weighted by Gasteiger charge is -2.09. The summed E-state index contributed by atoms with van der Waals surface area (Å²) in [5, 5.41) is 9.32. The number of hydrogen-bond donors (Lipinski definition) is 0. The van der Waals surface area contributed by atoms with Crippen LogP contribution in [0.2, 0.25) is 0 Å². The Labute approximate surface area is 124 Å². The standard InChI is InChI=1S/C15H12BrNOS/c1-9-7-14(19-10(9)2)15(18)12(8-17)11-5-3-4-6-13(11)16/h3-7,12H,1-2H3. The maximum absolute atomic E-state index is 12.5. The van der Waals surface area contributed by atoms with Gasteiger partial charge in [0.1, 0.15) is 5.92 Å². The zero-order chi connectivity index (χ0) is 14.0. The second-order valence-corrected chi connectivity index (χ2v) is 6.41. The molecule has 96 valence electrons. The molecule has 0 aliphatic rings. The van der Waals surface area contributed by atoms with Gasteiger partial charge in [-0.15, -0.1) is 11.3 Å². The normalized spacial score (nSPS) is 11.9. The van der Waals surface area contributed by atoms with Gasteiger partial charge in [0.2, 0.25) is 0 Å². The fraction of sp³-hybridized carbons (Fsp3) is 0.200. The number of benzene rings is 1. The average molecular weight is 334 g/mol. The molecular weight excluding hydrogens is 322 g/mol. The van der Waals surface area contributed by atoms with E-state index in [9.17, 15) is 10.1 Å². The Bertz CT molecular complexity index is 650. The molecule has 19 heavy (non-hydrogen) atoms. The summed E-state index contributed by atoms with van der Waals surface area (Å²) in [6.45, 7) is 3.96. The van der Waals surface area contributed by atoms with Gasteiger partial charge in [0, 0.05) is 9.35 Å². The Morgan fingerprint density at radius 3 is 2.58 bits per heavy atom. The van der Waals surface area contributed by atoms with E-state index in [1.807, 2.05) is 44.2 Å². The molecule has 1 unspecified atom stereocenters. The van der Waals surface area contributed by atoms with Crippen LogP contribution >= 0.6 is 27.3 Å². The van der Waals surface area contributed by atoms with E-state index < -0.39 is 5.92 Å². The van der Waals surface area contributed by atoms with E-state index in [2.05, 4.69) is 22.0 Å². The third-order valence-electron chi connectivity index (χ3n) is 3.02. The fourth-order valence-corrected chi connectivity index (χ4v) is 3.33. The Balaban J connectivity index is 2.41. The summed E-state index contributed by atoms with van der Waals surface area (Å²) in [5.41, 5.74) is 1.82. The van der Waals surface area contributed by atoms with Crippen molar-refractivity contribution < 1.29 is 4.79 Å². The van der Waals surface area contributed by atoms with Crippen LogP contribution in [0.4, 0.5) is 0 Å². The first kappa shape index (κ1) is 14.0. The van der Waals surface area contributed by atoms with Crippen LogP contribution in [0.25, 0.3) is 0 Å². The number of carbonyl (C=O) groups excluding carboxylic acids is 1. The molecule has 4 heteroatoms. The van der Waals surface area contributed by atoms with E-state index in [-0.39, 0.29) is 5.78 Å². The number of hydrogen-bond acceptors (Lipinski definition) is 3. The van der Waals surface area contributed by atoms with Crippen LogP contribution < -0.4 is 0 Å². The number of rotatable bonds is 3. The lowest BCUT2D eigenvalue weighted by molar-refractivity contribution is 0.0982. The van der Waals surface area contributed by atoms with Crippen molar-refractivity contribution in [1.82, 2.24) is 0 Å². The minimum atomic E-state index is -0.756. The molecule has 0 saturated heterocycles. The third-order valence-corrected chi connectivity index (χ3v) is 4.91. The topological polar surface area (TPSA) is 40.9 Å². The van der Waals surface area contributed by atoms with E-state index >= 15 is 0 Å². The Kier molecular flexibility index (Phi) is 4.18. The predicted octanol–water partition coefficient (Wildman–Crippen LogP) is 4.62. The zero-order valence-corrected chi connectivity index (χ0v) is 13.0. The van der Waals surface area contributed by atoms with Crippen molar-refractivity contribution in [3.63, 3.8) is 0 Å². The summed E-state index contributed by atoms with van der Waals surface area (Å²) in [6, 6.07) is 11.3. The summed E-state index contributed by atoms with van der Waals surface area (Å²) in [5.74, 6) is -0.886. The number of nitrogens with zero attached hydrogens (tertiary/aromatic N) is 1. The van der Waals surface area contributed by atoms with Crippen molar-refractivity contribution in [3.05, 3.63) is 55.7 Å². The smallest absolute Gasteiger partial charge is 0.194 e. The SMILES string of the molecule is Cc1cc(C(=O)C(C#N)c2ccccc2Br)sc1C. The monoisotopic (exact) mass is 333 g/mol. The molecule has 0 aliphatic carbocycles. The minimum absolute atomic E-state index is 0.129. The maximum atomic E-state index is 12.5. The second-order valence-electron chi connectivity index (χ2n) is 4.30. The highest BCUT2D eigenvalue weighted by Crippen LogP contribution is 2.30. The Hall–Kier alpha value is -1.44. The molecule has 2 rings (SSSR count). The van der Waals surface area contributed by atoms with E-state index in [0.717, 1.165) is 20.5 Å². The van der Waals surface area contributed by atoms with Gasteiger partial charge < -0.3 is 0 Å². The molecule has 1 heterocycles. The van der Waals surface area contributed by atoms with Crippen LogP contribution in [0.15, 0.2) is 34.8 Å². The summed E-state index contributed by atoms with van der Waals surface area (Å²) < 4.78 is 0.792. The van der Waals surface area contributed by atoms with Gasteiger partial charge >= 0.3 is 0 Å². The number of thiophene rings is 1. The Morgan fingerprint density at radius 2 is 2.05 bits per heavy atom. The van der Waals surface area contributed by atoms with Gasteiger partial charge in [-0.2, -0.15) is 5.26 Å². The summed E-state index contributed by atoms with van der Waals surface area (Å²) >= 11 is 4.85. The third kappa shape index (κ3) is 2.78. The highest BCUT2D eigenvalue weighted by atomic mass is 79.9. The largest absolute Gasteiger partial charge is 0.291 e. The van der Waals surface area contributed by atoms with Gasteiger partial charge in [0.05, 0.1) is 10.9 Å². The molecule has 1 aromatic carbocycles. The van der Waals surface area contributed by atoms with Crippen LogP contribution in [0.5, 0.6) is 0 Å².